The first kappa shape index (κ1) is 12.0. The molecule has 0 fully saturated rings. The Labute approximate surface area is 81.6 Å². The highest BCUT2D eigenvalue weighted by Gasteiger charge is 2.00. The summed E-state index contributed by atoms with van der Waals surface area (Å²) in [6.07, 6.45) is 0. The molecule has 0 saturated heterocycles. The van der Waals surface area contributed by atoms with Gasteiger partial charge in [0, 0.05) is 18.2 Å². The van der Waals surface area contributed by atoms with Crippen molar-refractivity contribution in [3.8, 4) is 17.2 Å². The van der Waals surface area contributed by atoms with Crippen LogP contribution >= 0.6 is 9.90 Å². The maximum atomic E-state index is 5.04. The van der Waals surface area contributed by atoms with Crippen molar-refractivity contribution >= 4 is 9.90 Å². The molecule has 1 aromatic carbocycles. The summed E-state index contributed by atoms with van der Waals surface area (Å²) >= 11 is 0. The fourth-order valence-electron chi connectivity index (χ4n) is 0.899. The number of benzene rings is 1. The average Bonchev–Trinajstić information content (AvgIpc) is 2.16. The number of ether oxygens (including phenoxy) is 3. The molecule has 1 unspecified atom stereocenters. The average molecular weight is 202 g/mol. The van der Waals surface area contributed by atoms with Gasteiger partial charge in [-0.25, -0.2) is 0 Å². The highest BCUT2D eigenvalue weighted by molar-refractivity contribution is 6.92. The standard InChI is InChI=1S/C9H12O3.H3P/c1-10-7-4-8(11-2)6-9(5-7)12-3;/h4-6H,1-3H3;1H3. The van der Waals surface area contributed by atoms with Crippen LogP contribution in [-0.4, -0.2) is 21.3 Å². The molecule has 4 heteroatoms. The molecule has 0 aliphatic heterocycles. The molecule has 0 N–H and O–H groups in total. The first-order valence-electron chi connectivity index (χ1n) is 3.57. The van der Waals surface area contributed by atoms with Gasteiger partial charge in [0.25, 0.3) is 0 Å². The van der Waals surface area contributed by atoms with E-state index in [2.05, 4.69) is 0 Å². The third kappa shape index (κ3) is 3.11. The van der Waals surface area contributed by atoms with Gasteiger partial charge in [-0.05, 0) is 0 Å². The Hall–Kier alpha value is -0.950. The lowest BCUT2D eigenvalue weighted by atomic mass is 10.3. The van der Waals surface area contributed by atoms with Gasteiger partial charge in [-0.1, -0.05) is 0 Å². The first-order chi connectivity index (χ1) is 5.80. The minimum absolute atomic E-state index is 0. The van der Waals surface area contributed by atoms with Crippen LogP contribution in [0.3, 0.4) is 0 Å². The summed E-state index contributed by atoms with van der Waals surface area (Å²) in [5, 5.41) is 0. The van der Waals surface area contributed by atoms with Crippen LogP contribution < -0.4 is 14.2 Å². The van der Waals surface area contributed by atoms with E-state index in [0.717, 1.165) is 17.2 Å². The second-order valence-corrected chi connectivity index (χ2v) is 2.25. The Kier molecular flexibility index (Phi) is 5.24. The molecule has 0 saturated carbocycles. The van der Waals surface area contributed by atoms with Crippen LogP contribution in [0.4, 0.5) is 0 Å². The molecule has 0 bridgehead atoms. The topological polar surface area (TPSA) is 27.7 Å². The molecule has 13 heavy (non-hydrogen) atoms. The second kappa shape index (κ2) is 5.65. The molecule has 0 aliphatic rings. The summed E-state index contributed by atoms with van der Waals surface area (Å²) < 4.78 is 15.1. The van der Waals surface area contributed by atoms with Crippen LogP contribution in [0.5, 0.6) is 17.2 Å². The second-order valence-electron chi connectivity index (χ2n) is 2.25. The van der Waals surface area contributed by atoms with Gasteiger partial charge >= 0.3 is 0 Å². The lowest BCUT2D eigenvalue weighted by Gasteiger charge is -2.06. The van der Waals surface area contributed by atoms with Crippen molar-refractivity contribution < 1.29 is 14.2 Å². The largest absolute Gasteiger partial charge is 0.496 e. The lowest BCUT2D eigenvalue weighted by molar-refractivity contribution is 0.375. The maximum Gasteiger partial charge on any atom is 0.126 e. The molecule has 1 rings (SSSR count). The van der Waals surface area contributed by atoms with Crippen molar-refractivity contribution in [3.05, 3.63) is 18.2 Å². The van der Waals surface area contributed by atoms with Crippen molar-refractivity contribution in [2.45, 2.75) is 0 Å². The van der Waals surface area contributed by atoms with Gasteiger partial charge in [-0.3, -0.25) is 0 Å². The minimum atomic E-state index is 0. The fraction of sp³-hybridized carbons (Fsp3) is 0.333. The number of hydrogen-bond acceptors (Lipinski definition) is 3. The molecule has 1 aromatic rings. The van der Waals surface area contributed by atoms with Gasteiger partial charge in [0.2, 0.25) is 0 Å². The summed E-state index contributed by atoms with van der Waals surface area (Å²) in [5.41, 5.74) is 0. The normalized spacial score (nSPS) is 8.54. The van der Waals surface area contributed by atoms with Gasteiger partial charge in [0.15, 0.2) is 0 Å². The smallest absolute Gasteiger partial charge is 0.126 e. The van der Waals surface area contributed by atoms with Crippen LogP contribution in [0.2, 0.25) is 0 Å². The van der Waals surface area contributed by atoms with Crippen molar-refractivity contribution in [3.63, 3.8) is 0 Å². The SMILES string of the molecule is COc1cc(OC)cc(OC)c1.P. The van der Waals surface area contributed by atoms with E-state index in [1.54, 1.807) is 39.5 Å². The van der Waals surface area contributed by atoms with E-state index < -0.39 is 0 Å². The van der Waals surface area contributed by atoms with Crippen LogP contribution in [0.1, 0.15) is 0 Å². The molecular weight excluding hydrogens is 187 g/mol. The Bertz CT molecular complexity index is 208. The van der Waals surface area contributed by atoms with Crippen molar-refractivity contribution in [2.75, 3.05) is 21.3 Å². The summed E-state index contributed by atoms with van der Waals surface area (Å²) in [6, 6.07) is 5.38. The van der Waals surface area contributed by atoms with Gasteiger partial charge in [0.1, 0.15) is 17.2 Å². The lowest BCUT2D eigenvalue weighted by Crippen LogP contribution is -1.89. The van der Waals surface area contributed by atoms with Crippen LogP contribution in [-0.2, 0) is 0 Å². The minimum Gasteiger partial charge on any atom is -0.496 e. The highest BCUT2D eigenvalue weighted by Crippen LogP contribution is 2.26. The Morgan fingerprint density at radius 2 is 0.923 bits per heavy atom. The van der Waals surface area contributed by atoms with Crippen molar-refractivity contribution in [1.82, 2.24) is 0 Å². The molecule has 0 aliphatic carbocycles. The van der Waals surface area contributed by atoms with Crippen LogP contribution in [0.15, 0.2) is 18.2 Å². The molecule has 0 spiro atoms. The van der Waals surface area contributed by atoms with Gasteiger partial charge < -0.3 is 14.2 Å². The van der Waals surface area contributed by atoms with E-state index in [-0.39, 0.29) is 9.90 Å². The zero-order valence-corrected chi connectivity index (χ0v) is 9.58. The first-order valence-corrected chi connectivity index (χ1v) is 3.57. The predicted molar refractivity (Wildman–Crippen MR) is 57.2 cm³/mol. The fourth-order valence-corrected chi connectivity index (χ4v) is 0.899. The molecule has 0 amide bonds. The molecule has 1 atom stereocenters. The summed E-state index contributed by atoms with van der Waals surface area (Å²) in [6.45, 7) is 0. The molecule has 74 valence electrons. The van der Waals surface area contributed by atoms with E-state index in [0.29, 0.717) is 0 Å². The van der Waals surface area contributed by atoms with Crippen LogP contribution in [0, 0.1) is 0 Å². The van der Waals surface area contributed by atoms with Gasteiger partial charge in [-0.2, -0.15) is 9.90 Å². The summed E-state index contributed by atoms with van der Waals surface area (Å²) in [4.78, 5) is 0. The molecule has 0 heterocycles. The van der Waals surface area contributed by atoms with E-state index in [9.17, 15) is 0 Å². The number of hydrogen-bond donors (Lipinski definition) is 0. The zero-order valence-electron chi connectivity index (χ0n) is 8.16. The monoisotopic (exact) mass is 202 g/mol. The van der Waals surface area contributed by atoms with E-state index in [1.807, 2.05) is 0 Å². The Morgan fingerprint density at radius 3 is 1.08 bits per heavy atom. The predicted octanol–water partition coefficient (Wildman–Crippen LogP) is 1.77. The number of rotatable bonds is 3. The van der Waals surface area contributed by atoms with E-state index in [1.165, 1.54) is 0 Å². The molecule has 3 nitrogen and oxygen atoms in total. The van der Waals surface area contributed by atoms with Crippen molar-refractivity contribution in [2.24, 2.45) is 0 Å². The molecule has 0 aromatic heterocycles. The zero-order chi connectivity index (χ0) is 8.97. The van der Waals surface area contributed by atoms with E-state index in [4.69, 9.17) is 14.2 Å². The Balaban J connectivity index is 0.00000144. The number of methoxy groups -OCH3 is 3. The summed E-state index contributed by atoms with van der Waals surface area (Å²) in [7, 11) is 4.82. The van der Waals surface area contributed by atoms with Gasteiger partial charge in [0.05, 0.1) is 21.3 Å². The van der Waals surface area contributed by atoms with Crippen molar-refractivity contribution in [1.29, 1.82) is 0 Å². The van der Waals surface area contributed by atoms with E-state index >= 15 is 0 Å². The Morgan fingerprint density at radius 1 is 0.692 bits per heavy atom. The maximum absolute atomic E-state index is 5.04. The molecule has 0 radical (unpaired) electrons. The highest BCUT2D eigenvalue weighted by atomic mass is 31.0. The third-order valence-corrected chi connectivity index (χ3v) is 1.56. The quantitative estimate of drug-likeness (QED) is 0.699. The molecular formula is C9H15O3P. The van der Waals surface area contributed by atoms with Crippen LogP contribution in [0.25, 0.3) is 0 Å². The summed E-state index contributed by atoms with van der Waals surface area (Å²) in [5.74, 6) is 2.18. The van der Waals surface area contributed by atoms with Gasteiger partial charge in [-0.15, -0.1) is 0 Å². The third-order valence-electron chi connectivity index (χ3n) is 1.56.